The highest BCUT2D eigenvalue weighted by atomic mass is 32.2. The van der Waals surface area contributed by atoms with E-state index in [1.54, 1.807) is 6.08 Å². The molecule has 6 heavy (non-hydrogen) atoms. The summed E-state index contributed by atoms with van der Waals surface area (Å²) in [7, 11) is 0. The van der Waals surface area contributed by atoms with Crippen LogP contribution >= 0.6 is 12.3 Å². The van der Waals surface area contributed by atoms with E-state index in [0.717, 1.165) is 12.3 Å². The minimum atomic E-state index is -0.157. The van der Waals surface area contributed by atoms with Gasteiger partial charge in [-0.25, -0.2) is 0 Å². The van der Waals surface area contributed by atoms with Crippen molar-refractivity contribution in [3.63, 3.8) is 0 Å². The minimum Gasteiger partial charge on any atom is -0.254 e. The van der Waals surface area contributed by atoms with Crippen molar-refractivity contribution in [2.75, 3.05) is 0 Å². The molecule has 0 aromatic carbocycles. The standard InChI is InChI=1S/C3H4O2S/c1-2-3-4-6-5-3/h2-3H,1H2. The summed E-state index contributed by atoms with van der Waals surface area (Å²) >= 11 is 0.998. The van der Waals surface area contributed by atoms with Crippen molar-refractivity contribution in [3.8, 4) is 0 Å². The molecular weight excluding hydrogens is 100 g/mol. The van der Waals surface area contributed by atoms with E-state index < -0.39 is 0 Å². The smallest absolute Gasteiger partial charge is 0.207 e. The molecule has 34 valence electrons. The zero-order valence-corrected chi connectivity index (χ0v) is 3.90. The van der Waals surface area contributed by atoms with E-state index in [1.165, 1.54) is 0 Å². The summed E-state index contributed by atoms with van der Waals surface area (Å²) in [6.45, 7) is 3.42. The molecule has 0 aliphatic carbocycles. The Labute approximate surface area is 40.5 Å². The van der Waals surface area contributed by atoms with E-state index in [-0.39, 0.29) is 6.29 Å². The molecule has 3 heteroatoms. The van der Waals surface area contributed by atoms with Gasteiger partial charge in [-0.2, -0.15) is 0 Å². The average Bonchev–Trinajstić information content (AvgIpc) is 1.31. The number of hydrogen-bond acceptors (Lipinski definition) is 3. The van der Waals surface area contributed by atoms with Crippen LogP contribution in [0.5, 0.6) is 0 Å². The van der Waals surface area contributed by atoms with Crippen molar-refractivity contribution >= 4 is 12.3 Å². The van der Waals surface area contributed by atoms with Gasteiger partial charge < -0.3 is 0 Å². The summed E-state index contributed by atoms with van der Waals surface area (Å²) in [6, 6.07) is 0. The van der Waals surface area contributed by atoms with E-state index in [9.17, 15) is 0 Å². The second-order valence-electron chi connectivity index (χ2n) is 0.865. The van der Waals surface area contributed by atoms with Crippen LogP contribution in [0.15, 0.2) is 12.7 Å². The van der Waals surface area contributed by atoms with Gasteiger partial charge >= 0.3 is 0 Å². The molecule has 0 aromatic rings. The monoisotopic (exact) mass is 104 g/mol. The van der Waals surface area contributed by atoms with Crippen LogP contribution in [0.3, 0.4) is 0 Å². The lowest BCUT2D eigenvalue weighted by Crippen LogP contribution is -2.15. The van der Waals surface area contributed by atoms with Crippen molar-refractivity contribution in [2.45, 2.75) is 6.29 Å². The molecule has 2 nitrogen and oxygen atoms in total. The molecule has 1 rings (SSSR count). The topological polar surface area (TPSA) is 18.5 Å². The third-order valence-electron chi connectivity index (χ3n) is 0.461. The summed E-state index contributed by atoms with van der Waals surface area (Å²) in [6.07, 6.45) is 1.44. The fourth-order valence-electron chi connectivity index (χ4n) is 0.163. The van der Waals surface area contributed by atoms with Crippen molar-refractivity contribution in [2.24, 2.45) is 0 Å². The maximum absolute atomic E-state index is 4.66. The second-order valence-corrected chi connectivity index (χ2v) is 1.39. The molecule has 0 saturated carbocycles. The van der Waals surface area contributed by atoms with E-state index in [4.69, 9.17) is 0 Å². The lowest BCUT2D eigenvalue weighted by molar-refractivity contribution is 0.00110. The molecule has 0 spiro atoms. The van der Waals surface area contributed by atoms with Crippen molar-refractivity contribution in [1.82, 2.24) is 0 Å². The van der Waals surface area contributed by atoms with E-state index in [0.29, 0.717) is 0 Å². The van der Waals surface area contributed by atoms with Gasteiger partial charge in [-0.05, 0) is 6.08 Å². The highest BCUT2D eigenvalue weighted by Crippen LogP contribution is 2.24. The summed E-state index contributed by atoms with van der Waals surface area (Å²) in [4.78, 5) is 0. The molecule has 1 saturated heterocycles. The predicted octanol–water partition coefficient (Wildman–Crippen LogP) is 1.11. The zero-order chi connectivity index (χ0) is 4.41. The van der Waals surface area contributed by atoms with Gasteiger partial charge in [0.25, 0.3) is 0 Å². The molecule has 0 unspecified atom stereocenters. The summed E-state index contributed by atoms with van der Waals surface area (Å²) < 4.78 is 9.31. The molecule has 0 bridgehead atoms. The van der Waals surface area contributed by atoms with Crippen LogP contribution in [-0.4, -0.2) is 6.29 Å². The molecule has 1 aliphatic heterocycles. The Kier molecular flexibility index (Phi) is 1.14. The Bertz CT molecular complexity index is 59.8. The SMILES string of the molecule is C=CC1OSO1. The van der Waals surface area contributed by atoms with Gasteiger partial charge in [0.1, 0.15) is 0 Å². The van der Waals surface area contributed by atoms with Crippen molar-refractivity contribution < 1.29 is 8.37 Å². The Morgan fingerprint density at radius 2 is 2.33 bits per heavy atom. The Balaban J connectivity index is 2.16. The van der Waals surface area contributed by atoms with Crippen LogP contribution in [0.25, 0.3) is 0 Å². The largest absolute Gasteiger partial charge is 0.254 e. The molecule has 0 aromatic heterocycles. The van der Waals surface area contributed by atoms with Crippen LogP contribution < -0.4 is 0 Å². The van der Waals surface area contributed by atoms with Gasteiger partial charge in [-0.1, -0.05) is 6.58 Å². The molecule has 1 heterocycles. The maximum atomic E-state index is 4.66. The first-order chi connectivity index (χ1) is 2.93. The van der Waals surface area contributed by atoms with E-state index in [1.807, 2.05) is 0 Å². The number of hydrogen-bond donors (Lipinski definition) is 0. The van der Waals surface area contributed by atoms with Gasteiger partial charge in [0.15, 0.2) is 12.3 Å². The molecule has 0 radical (unpaired) electrons. The predicted molar refractivity (Wildman–Crippen MR) is 23.7 cm³/mol. The zero-order valence-electron chi connectivity index (χ0n) is 3.09. The van der Waals surface area contributed by atoms with Gasteiger partial charge in [-0.3, -0.25) is 8.37 Å². The molecular formula is C3H4O2S. The van der Waals surface area contributed by atoms with Crippen LogP contribution in [0.2, 0.25) is 0 Å². The third-order valence-corrected chi connectivity index (χ3v) is 0.997. The minimum absolute atomic E-state index is 0.157. The summed E-state index contributed by atoms with van der Waals surface area (Å²) in [5, 5.41) is 0. The van der Waals surface area contributed by atoms with E-state index in [2.05, 4.69) is 14.9 Å². The normalized spacial score (nSPS) is 22.7. The maximum Gasteiger partial charge on any atom is 0.207 e. The van der Waals surface area contributed by atoms with Gasteiger partial charge in [0.05, 0.1) is 0 Å². The molecule has 0 N–H and O–H groups in total. The first-order valence-corrected chi connectivity index (χ1v) is 2.21. The fraction of sp³-hybridized carbons (Fsp3) is 0.333. The van der Waals surface area contributed by atoms with Crippen LogP contribution in [0, 0.1) is 0 Å². The third kappa shape index (κ3) is 0.566. The van der Waals surface area contributed by atoms with Gasteiger partial charge in [0.2, 0.25) is 6.29 Å². The lowest BCUT2D eigenvalue weighted by atomic mass is 10.6. The molecule has 1 aliphatic rings. The second kappa shape index (κ2) is 1.64. The quantitative estimate of drug-likeness (QED) is 0.366. The Morgan fingerprint density at radius 1 is 1.67 bits per heavy atom. The van der Waals surface area contributed by atoms with Crippen molar-refractivity contribution in [1.29, 1.82) is 0 Å². The van der Waals surface area contributed by atoms with Crippen molar-refractivity contribution in [3.05, 3.63) is 12.7 Å². The summed E-state index contributed by atoms with van der Waals surface area (Å²) in [5.41, 5.74) is 0. The van der Waals surface area contributed by atoms with Crippen LogP contribution in [-0.2, 0) is 8.37 Å². The molecule has 0 amide bonds. The average molecular weight is 104 g/mol. The summed E-state index contributed by atoms with van der Waals surface area (Å²) in [5.74, 6) is 0. The highest BCUT2D eigenvalue weighted by molar-refractivity contribution is 7.90. The molecule has 0 atom stereocenters. The first-order valence-electron chi connectivity index (χ1n) is 1.55. The number of rotatable bonds is 1. The van der Waals surface area contributed by atoms with Gasteiger partial charge in [0, 0.05) is 0 Å². The van der Waals surface area contributed by atoms with Crippen LogP contribution in [0.4, 0.5) is 0 Å². The highest BCUT2D eigenvalue weighted by Gasteiger charge is 2.15. The van der Waals surface area contributed by atoms with Crippen LogP contribution in [0.1, 0.15) is 0 Å². The fourth-order valence-corrected chi connectivity index (χ4v) is 0.490. The Hall–Kier alpha value is 0.01000. The van der Waals surface area contributed by atoms with Gasteiger partial charge in [-0.15, -0.1) is 0 Å². The van der Waals surface area contributed by atoms with E-state index >= 15 is 0 Å². The first kappa shape index (κ1) is 4.18. The lowest BCUT2D eigenvalue weighted by Gasteiger charge is -2.18. The Morgan fingerprint density at radius 3 is 2.33 bits per heavy atom. The molecule has 1 fully saturated rings.